The van der Waals surface area contributed by atoms with E-state index in [4.69, 9.17) is 10.00 Å². The fourth-order valence-corrected chi connectivity index (χ4v) is 2.47. The number of carbonyl (C=O) groups excluding carboxylic acids is 2. The van der Waals surface area contributed by atoms with Crippen LogP contribution in [0.15, 0.2) is 48.5 Å². The first-order valence-electron chi connectivity index (χ1n) is 8.80. The molecule has 140 valence electrons. The van der Waals surface area contributed by atoms with Crippen LogP contribution in [-0.4, -0.2) is 18.4 Å². The molecule has 0 unspecified atom stereocenters. The Labute approximate surface area is 159 Å². The van der Waals surface area contributed by atoms with Crippen LogP contribution >= 0.6 is 0 Å². The van der Waals surface area contributed by atoms with Gasteiger partial charge in [0.05, 0.1) is 12.7 Å². The molecule has 27 heavy (non-hydrogen) atoms. The third kappa shape index (κ3) is 6.83. The Balaban J connectivity index is 1.79. The van der Waals surface area contributed by atoms with Gasteiger partial charge in [0.1, 0.15) is 12.2 Å². The summed E-state index contributed by atoms with van der Waals surface area (Å²) in [4.78, 5) is 23.6. The molecule has 0 aliphatic carbocycles. The van der Waals surface area contributed by atoms with Crippen LogP contribution < -0.4 is 15.4 Å². The van der Waals surface area contributed by atoms with Gasteiger partial charge in [-0.25, -0.2) is 0 Å². The smallest absolute Gasteiger partial charge is 0.234 e. The van der Waals surface area contributed by atoms with Gasteiger partial charge in [-0.3, -0.25) is 9.59 Å². The van der Waals surface area contributed by atoms with E-state index < -0.39 is 0 Å². The topological polar surface area (TPSA) is 91.2 Å². The maximum absolute atomic E-state index is 12.2. The number of para-hydroxylation sites is 2. The largest absolute Gasteiger partial charge is 0.493 e. The summed E-state index contributed by atoms with van der Waals surface area (Å²) in [6.07, 6.45) is 0.748. The first-order chi connectivity index (χ1) is 13.1. The molecule has 0 bridgehead atoms. The third-order valence-electron chi connectivity index (χ3n) is 3.91. The summed E-state index contributed by atoms with van der Waals surface area (Å²) in [5.74, 6) is 0.377. The predicted octanol–water partition coefficient (Wildman–Crippen LogP) is 3.32. The minimum absolute atomic E-state index is 0.112. The number of nitriles is 1. The first kappa shape index (κ1) is 20.0. The van der Waals surface area contributed by atoms with Crippen molar-refractivity contribution in [3.8, 4) is 11.8 Å². The van der Waals surface area contributed by atoms with Gasteiger partial charge in [-0.15, -0.1) is 0 Å². The van der Waals surface area contributed by atoms with E-state index in [9.17, 15) is 9.59 Å². The Morgan fingerprint density at radius 2 is 1.81 bits per heavy atom. The van der Waals surface area contributed by atoms with Crippen molar-refractivity contribution in [2.75, 3.05) is 11.9 Å². The van der Waals surface area contributed by atoms with Crippen LogP contribution in [0.1, 0.15) is 30.4 Å². The zero-order chi connectivity index (χ0) is 19.5. The van der Waals surface area contributed by atoms with Crippen LogP contribution in [0.2, 0.25) is 0 Å². The van der Waals surface area contributed by atoms with Crippen LogP contribution in [-0.2, 0) is 16.1 Å². The second kappa shape index (κ2) is 10.6. The van der Waals surface area contributed by atoms with E-state index in [2.05, 4.69) is 10.6 Å². The lowest BCUT2D eigenvalue weighted by Crippen LogP contribution is -2.23. The summed E-state index contributed by atoms with van der Waals surface area (Å²) in [6.45, 7) is 2.70. The van der Waals surface area contributed by atoms with Crippen LogP contribution in [0.5, 0.6) is 5.75 Å². The average Bonchev–Trinajstić information content (AvgIpc) is 2.66. The summed E-state index contributed by atoms with van der Waals surface area (Å²) < 4.78 is 5.70. The molecule has 0 heterocycles. The maximum Gasteiger partial charge on any atom is 0.234 e. The van der Waals surface area contributed by atoms with Crippen molar-refractivity contribution in [3.63, 3.8) is 0 Å². The van der Waals surface area contributed by atoms with E-state index in [1.54, 1.807) is 12.1 Å². The highest BCUT2D eigenvalue weighted by Crippen LogP contribution is 2.17. The fourth-order valence-electron chi connectivity index (χ4n) is 2.47. The van der Waals surface area contributed by atoms with Gasteiger partial charge in [0.25, 0.3) is 0 Å². The zero-order valence-corrected chi connectivity index (χ0v) is 15.3. The zero-order valence-electron chi connectivity index (χ0n) is 15.3. The molecular weight excluding hydrogens is 342 g/mol. The number of ether oxygens (including phenoxy) is 1. The van der Waals surface area contributed by atoms with Gasteiger partial charge in [0, 0.05) is 18.7 Å². The minimum atomic E-state index is -0.341. The monoisotopic (exact) mass is 365 g/mol. The van der Waals surface area contributed by atoms with E-state index in [1.165, 1.54) is 0 Å². The lowest BCUT2D eigenvalue weighted by Gasteiger charge is -2.12. The molecule has 2 rings (SSSR count). The number of benzene rings is 2. The molecule has 0 radical (unpaired) electrons. The summed E-state index contributed by atoms with van der Waals surface area (Å²) in [7, 11) is 0. The van der Waals surface area contributed by atoms with Crippen molar-refractivity contribution in [3.05, 3.63) is 59.7 Å². The van der Waals surface area contributed by atoms with E-state index in [-0.39, 0.29) is 24.8 Å². The number of aryl methyl sites for hydroxylation is 1. The lowest BCUT2D eigenvalue weighted by atomic mass is 10.1. The molecule has 0 saturated carbocycles. The molecule has 0 atom stereocenters. The number of amides is 2. The number of hydrogen-bond donors (Lipinski definition) is 2. The Bertz CT molecular complexity index is 827. The highest BCUT2D eigenvalue weighted by molar-refractivity contribution is 5.91. The SMILES string of the molecule is Cc1ccccc1OCCCC(=O)Nc1ccccc1CNC(=O)CC#N. The lowest BCUT2D eigenvalue weighted by molar-refractivity contribution is -0.120. The molecule has 6 nitrogen and oxygen atoms in total. The molecule has 0 fully saturated rings. The maximum atomic E-state index is 12.2. The molecule has 0 aliphatic heterocycles. The molecule has 2 aromatic carbocycles. The van der Waals surface area contributed by atoms with Gasteiger partial charge in [0.2, 0.25) is 11.8 Å². The van der Waals surface area contributed by atoms with Crippen molar-refractivity contribution in [2.45, 2.75) is 32.7 Å². The van der Waals surface area contributed by atoms with Gasteiger partial charge in [-0.2, -0.15) is 5.26 Å². The van der Waals surface area contributed by atoms with E-state index in [0.717, 1.165) is 16.9 Å². The second-order valence-electron chi connectivity index (χ2n) is 6.03. The Morgan fingerprint density at radius 1 is 1.07 bits per heavy atom. The summed E-state index contributed by atoms with van der Waals surface area (Å²) in [5.41, 5.74) is 2.50. The van der Waals surface area contributed by atoms with Crippen molar-refractivity contribution in [2.24, 2.45) is 0 Å². The summed E-state index contributed by atoms with van der Waals surface area (Å²) in [5, 5.41) is 14.0. The average molecular weight is 365 g/mol. The van der Waals surface area contributed by atoms with Crippen LogP contribution in [0.25, 0.3) is 0 Å². The molecule has 2 aromatic rings. The van der Waals surface area contributed by atoms with Crippen LogP contribution in [0.4, 0.5) is 5.69 Å². The standard InChI is InChI=1S/C21H23N3O3/c1-16-7-2-5-10-19(16)27-14-6-11-21(26)24-18-9-4-3-8-17(18)15-23-20(25)12-13-22/h2-5,7-10H,6,11-12,14-15H2,1H3,(H,23,25)(H,24,26). The van der Waals surface area contributed by atoms with E-state index >= 15 is 0 Å². The molecule has 0 saturated heterocycles. The number of rotatable bonds is 9. The highest BCUT2D eigenvalue weighted by Gasteiger charge is 2.08. The Morgan fingerprint density at radius 3 is 2.59 bits per heavy atom. The molecule has 2 amide bonds. The van der Waals surface area contributed by atoms with Crippen molar-refractivity contribution in [1.29, 1.82) is 5.26 Å². The van der Waals surface area contributed by atoms with E-state index in [0.29, 0.717) is 25.1 Å². The molecule has 2 N–H and O–H groups in total. The van der Waals surface area contributed by atoms with Crippen molar-refractivity contribution < 1.29 is 14.3 Å². The van der Waals surface area contributed by atoms with Gasteiger partial charge in [0.15, 0.2) is 0 Å². The molecule has 0 aliphatic rings. The molecular formula is C21H23N3O3. The quantitative estimate of drug-likeness (QED) is 0.667. The van der Waals surface area contributed by atoms with Gasteiger partial charge in [-0.05, 0) is 36.6 Å². The third-order valence-corrected chi connectivity index (χ3v) is 3.91. The van der Waals surface area contributed by atoms with Gasteiger partial charge < -0.3 is 15.4 Å². The van der Waals surface area contributed by atoms with Gasteiger partial charge >= 0.3 is 0 Å². The molecule has 0 spiro atoms. The molecule has 0 aromatic heterocycles. The molecule has 6 heteroatoms. The fraction of sp³-hybridized carbons (Fsp3) is 0.286. The van der Waals surface area contributed by atoms with Crippen molar-refractivity contribution >= 4 is 17.5 Å². The predicted molar refractivity (Wildman–Crippen MR) is 103 cm³/mol. The second-order valence-corrected chi connectivity index (χ2v) is 6.03. The number of nitrogens with zero attached hydrogens (tertiary/aromatic N) is 1. The van der Waals surface area contributed by atoms with Crippen molar-refractivity contribution in [1.82, 2.24) is 5.32 Å². The van der Waals surface area contributed by atoms with E-state index in [1.807, 2.05) is 49.4 Å². The number of hydrogen-bond acceptors (Lipinski definition) is 4. The number of anilines is 1. The normalized spacial score (nSPS) is 9.93. The Kier molecular flexibility index (Phi) is 7.86. The Hall–Kier alpha value is -3.33. The first-order valence-corrected chi connectivity index (χ1v) is 8.80. The minimum Gasteiger partial charge on any atom is -0.493 e. The van der Waals surface area contributed by atoms with Crippen LogP contribution in [0, 0.1) is 18.3 Å². The summed E-state index contributed by atoms with van der Waals surface area (Å²) >= 11 is 0. The highest BCUT2D eigenvalue weighted by atomic mass is 16.5. The van der Waals surface area contributed by atoms with Gasteiger partial charge in [-0.1, -0.05) is 36.4 Å². The number of carbonyl (C=O) groups is 2. The van der Waals surface area contributed by atoms with Crippen LogP contribution in [0.3, 0.4) is 0 Å². The summed E-state index contributed by atoms with van der Waals surface area (Å²) in [6, 6.07) is 16.8. The number of nitrogens with one attached hydrogen (secondary N) is 2.